The highest BCUT2D eigenvalue weighted by Crippen LogP contribution is 2.44. The molecule has 0 aliphatic carbocycles. The number of hydrogen-bond acceptors (Lipinski definition) is 8. The van der Waals surface area contributed by atoms with Crippen LogP contribution in [-0.4, -0.2) is 44.7 Å². The van der Waals surface area contributed by atoms with Gasteiger partial charge in [-0.05, 0) is 0 Å². The molecule has 8 heteroatoms. The van der Waals surface area contributed by atoms with Gasteiger partial charge in [-0.25, -0.2) is 0 Å². The molecule has 0 bridgehead atoms. The van der Waals surface area contributed by atoms with Crippen molar-refractivity contribution in [1.29, 1.82) is 0 Å². The summed E-state index contributed by atoms with van der Waals surface area (Å²) in [7, 11) is 1.64. The Kier molecular flexibility index (Phi) is 6.50. The van der Waals surface area contributed by atoms with Gasteiger partial charge in [-0.15, -0.1) is 23.5 Å². The van der Waals surface area contributed by atoms with Crippen LogP contribution in [0.3, 0.4) is 0 Å². The molecule has 0 saturated carbocycles. The van der Waals surface area contributed by atoms with Gasteiger partial charge in [0.1, 0.15) is 6.79 Å². The monoisotopic (exact) mass is 326 g/mol. The molecule has 1 aromatic heterocycles. The lowest BCUT2D eigenvalue weighted by atomic mass is 10.5. The second-order valence-electron chi connectivity index (χ2n) is 3.47. The van der Waals surface area contributed by atoms with Crippen LogP contribution >= 0.6 is 46.2 Å². The van der Waals surface area contributed by atoms with Gasteiger partial charge in [0.05, 0.1) is 28.2 Å². The summed E-state index contributed by atoms with van der Waals surface area (Å²) < 4.78 is 18.1. The molecule has 2 heterocycles. The van der Waals surface area contributed by atoms with Crippen LogP contribution < -0.4 is 4.06 Å². The Balaban J connectivity index is 1.65. The second-order valence-corrected chi connectivity index (χ2v) is 8.55. The summed E-state index contributed by atoms with van der Waals surface area (Å²) in [6.07, 6.45) is 0. The molecule has 4 nitrogen and oxygen atoms in total. The predicted molar refractivity (Wildman–Crippen MR) is 77.5 cm³/mol. The number of rotatable bonds is 7. The zero-order chi connectivity index (χ0) is 12.8. The fourth-order valence-electron chi connectivity index (χ4n) is 1.29. The minimum absolute atomic E-state index is 0.185. The van der Waals surface area contributed by atoms with Gasteiger partial charge in [0.2, 0.25) is 0 Å². The zero-order valence-corrected chi connectivity index (χ0v) is 13.1. The minimum atomic E-state index is 0.185. The van der Waals surface area contributed by atoms with Crippen molar-refractivity contribution in [3.05, 3.63) is 8.85 Å². The van der Waals surface area contributed by atoms with Crippen LogP contribution in [0.15, 0.2) is 13.2 Å². The zero-order valence-electron chi connectivity index (χ0n) is 9.88. The van der Waals surface area contributed by atoms with Gasteiger partial charge in [-0.3, -0.25) is 4.79 Å². The van der Waals surface area contributed by atoms with Crippen molar-refractivity contribution in [1.82, 2.24) is 0 Å². The summed E-state index contributed by atoms with van der Waals surface area (Å²) in [4.78, 5) is 11.3. The molecule has 0 aromatic carbocycles. The molecule has 102 valence electrons. The number of hydrogen-bond donors (Lipinski definition) is 0. The van der Waals surface area contributed by atoms with E-state index < -0.39 is 0 Å². The fourth-order valence-corrected chi connectivity index (χ4v) is 6.97. The molecule has 18 heavy (non-hydrogen) atoms. The predicted octanol–water partition coefficient (Wildman–Crippen LogP) is 2.37. The highest BCUT2D eigenvalue weighted by atomic mass is 32.2. The Morgan fingerprint density at radius 3 is 2.89 bits per heavy atom. The van der Waals surface area contributed by atoms with E-state index in [0.717, 1.165) is 9.96 Å². The first kappa shape index (κ1) is 14.8. The summed E-state index contributed by atoms with van der Waals surface area (Å²) in [5.41, 5.74) is 0. The van der Waals surface area contributed by atoms with E-state index in [4.69, 9.17) is 14.2 Å². The molecule has 1 aliphatic heterocycles. The Bertz CT molecular complexity index is 416. The molecule has 0 N–H and O–H groups in total. The lowest BCUT2D eigenvalue weighted by Gasteiger charge is -2.19. The van der Waals surface area contributed by atoms with Gasteiger partial charge in [-0.1, -0.05) is 22.7 Å². The molecule has 1 aliphatic rings. The topological polar surface area (TPSA) is 44.8 Å². The maximum atomic E-state index is 11.3. The van der Waals surface area contributed by atoms with Crippen molar-refractivity contribution in [2.45, 2.75) is 13.7 Å². The Labute approximate surface area is 122 Å². The van der Waals surface area contributed by atoms with Crippen molar-refractivity contribution in [2.75, 3.05) is 39.5 Å². The molecular weight excluding hydrogens is 312 g/mol. The van der Waals surface area contributed by atoms with Crippen LogP contribution in [0.25, 0.3) is 0 Å². The summed E-state index contributed by atoms with van der Waals surface area (Å²) in [6.45, 7) is 2.10. The van der Waals surface area contributed by atoms with Gasteiger partial charge < -0.3 is 14.2 Å². The maximum Gasteiger partial charge on any atom is 0.289 e. The molecule has 2 rings (SSSR count). The van der Waals surface area contributed by atoms with Crippen LogP contribution in [0.4, 0.5) is 0 Å². The number of thioether (sulfide) groups is 2. The van der Waals surface area contributed by atoms with Crippen molar-refractivity contribution >= 4 is 46.2 Å². The van der Waals surface area contributed by atoms with Gasteiger partial charge in [0.25, 0.3) is 4.06 Å². The molecule has 0 amide bonds. The van der Waals surface area contributed by atoms with E-state index in [1.807, 2.05) is 0 Å². The number of fused-ring (bicyclic) bond motifs is 1. The Hall–Kier alpha value is 0.430. The van der Waals surface area contributed by atoms with Crippen LogP contribution in [0.5, 0.6) is 0 Å². The van der Waals surface area contributed by atoms with Crippen LogP contribution in [0.1, 0.15) is 0 Å². The smallest absolute Gasteiger partial charge is 0.289 e. The largest absolute Gasteiger partial charge is 0.382 e. The van der Waals surface area contributed by atoms with E-state index in [-0.39, 0.29) is 4.06 Å². The van der Waals surface area contributed by atoms with E-state index in [1.54, 1.807) is 30.6 Å². The summed E-state index contributed by atoms with van der Waals surface area (Å²) >= 11 is 6.21. The molecule has 1 aromatic rings. The van der Waals surface area contributed by atoms with Gasteiger partial charge >= 0.3 is 0 Å². The first-order valence-electron chi connectivity index (χ1n) is 5.37. The molecule has 0 unspecified atom stereocenters. The molecule has 0 fully saturated rings. The molecule has 0 spiro atoms. The third-order valence-electron chi connectivity index (χ3n) is 2.09. The maximum absolute atomic E-state index is 11.3. The van der Waals surface area contributed by atoms with E-state index in [1.165, 1.54) is 26.9 Å². The SMILES string of the molecule is COCCOCOC[C@@H]1CSc2sc(=O)sc2S1. The lowest BCUT2D eigenvalue weighted by Crippen LogP contribution is -2.18. The van der Waals surface area contributed by atoms with Crippen LogP contribution in [0, 0.1) is 0 Å². The average molecular weight is 326 g/mol. The summed E-state index contributed by atoms with van der Waals surface area (Å²) in [5, 5.41) is 0.402. The summed E-state index contributed by atoms with van der Waals surface area (Å²) in [5.74, 6) is 0.989. The highest BCUT2D eigenvalue weighted by Gasteiger charge is 2.23. The van der Waals surface area contributed by atoms with Gasteiger partial charge in [0, 0.05) is 18.1 Å². The molecular formula is C10H14O4S4. The lowest BCUT2D eigenvalue weighted by molar-refractivity contribution is -0.0642. The first-order valence-corrected chi connectivity index (χ1v) is 8.87. The fraction of sp³-hybridized carbons (Fsp3) is 0.700. The van der Waals surface area contributed by atoms with Crippen molar-refractivity contribution in [3.63, 3.8) is 0 Å². The molecule has 0 radical (unpaired) electrons. The van der Waals surface area contributed by atoms with Crippen LogP contribution in [-0.2, 0) is 14.2 Å². The Morgan fingerprint density at radius 2 is 2.06 bits per heavy atom. The van der Waals surface area contributed by atoms with Gasteiger partial charge in [-0.2, -0.15) is 0 Å². The third kappa shape index (κ3) is 4.52. The normalized spacial score (nSPS) is 18.8. The third-order valence-corrected chi connectivity index (χ3v) is 7.67. The number of methoxy groups -OCH3 is 1. The standard InChI is InChI=1S/C10H14O4S4/c1-12-2-3-13-6-14-4-7-5-15-8-9(16-7)18-10(11)17-8/h7H,2-6H2,1H3/t7-/m1/s1. The molecule has 0 saturated heterocycles. The van der Waals surface area contributed by atoms with E-state index in [2.05, 4.69) is 0 Å². The van der Waals surface area contributed by atoms with Crippen molar-refractivity contribution < 1.29 is 14.2 Å². The van der Waals surface area contributed by atoms with Crippen molar-refractivity contribution in [2.24, 2.45) is 0 Å². The van der Waals surface area contributed by atoms with E-state index in [0.29, 0.717) is 31.9 Å². The highest BCUT2D eigenvalue weighted by molar-refractivity contribution is 8.08. The first-order chi connectivity index (χ1) is 8.79. The molecule has 1 atom stereocenters. The average Bonchev–Trinajstić information content (AvgIpc) is 2.73. The van der Waals surface area contributed by atoms with Gasteiger partial charge in [0.15, 0.2) is 0 Å². The Morgan fingerprint density at radius 1 is 1.22 bits per heavy atom. The number of ether oxygens (including phenoxy) is 3. The second kappa shape index (κ2) is 7.88. The van der Waals surface area contributed by atoms with E-state index in [9.17, 15) is 4.79 Å². The van der Waals surface area contributed by atoms with E-state index >= 15 is 0 Å². The van der Waals surface area contributed by atoms with Crippen LogP contribution in [0.2, 0.25) is 0 Å². The van der Waals surface area contributed by atoms with Crippen molar-refractivity contribution in [3.8, 4) is 0 Å². The summed E-state index contributed by atoms with van der Waals surface area (Å²) in [6, 6.07) is 0. The quantitative estimate of drug-likeness (QED) is 0.566. The minimum Gasteiger partial charge on any atom is -0.382 e.